The van der Waals surface area contributed by atoms with Crippen LogP contribution >= 0.6 is 24.0 Å². The highest BCUT2D eigenvalue weighted by Crippen LogP contribution is 2.30. The van der Waals surface area contributed by atoms with Crippen LogP contribution < -0.4 is 11.1 Å². The topological polar surface area (TPSA) is 55.9 Å². The number of hydrogen-bond acceptors (Lipinski definition) is 4. The highest BCUT2D eigenvalue weighted by Gasteiger charge is 2.24. The predicted molar refractivity (Wildman–Crippen MR) is 87.0 cm³/mol. The summed E-state index contributed by atoms with van der Waals surface area (Å²) >= 11 is 7.11. The quantitative estimate of drug-likeness (QED) is 0.836. The Hall–Kier alpha value is -0.750. The molecule has 4 nitrogen and oxygen atoms in total. The minimum Gasteiger partial charge on any atom is -0.389 e. The molecule has 1 aliphatic rings. The number of aryl methyl sites for hydroxylation is 2. The van der Waals surface area contributed by atoms with E-state index < -0.39 is 0 Å². The standard InChI is InChI=1S/C13H22N4S2/c1-8-11(12(14)18)13(17(2)16-8)15-9-5-4-6-10(7-9)19-3/h9-10,15H,4-7H2,1-3H3,(H2,14,18). The molecule has 0 aromatic carbocycles. The first-order valence-corrected chi connectivity index (χ1v) is 8.35. The summed E-state index contributed by atoms with van der Waals surface area (Å²) in [7, 11) is 1.94. The van der Waals surface area contributed by atoms with Crippen molar-refractivity contribution in [3.05, 3.63) is 11.3 Å². The molecule has 3 N–H and O–H groups in total. The lowest BCUT2D eigenvalue weighted by atomic mass is 9.95. The number of rotatable bonds is 4. The van der Waals surface area contributed by atoms with Crippen molar-refractivity contribution in [2.75, 3.05) is 11.6 Å². The van der Waals surface area contributed by atoms with Crippen LogP contribution in [0.15, 0.2) is 0 Å². The van der Waals surface area contributed by atoms with Crippen molar-refractivity contribution >= 4 is 34.8 Å². The summed E-state index contributed by atoms with van der Waals surface area (Å²) in [6.07, 6.45) is 7.20. The van der Waals surface area contributed by atoms with Crippen molar-refractivity contribution in [1.29, 1.82) is 0 Å². The van der Waals surface area contributed by atoms with Gasteiger partial charge in [-0.2, -0.15) is 16.9 Å². The highest BCUT2D eigenvalue weighted by atomic mass is 32.2. The second-order valence-electron chi connectivity index (χ2n) is 5.16. The maximum atomic E-state index is 5.82. The van der Waals surface area contributed by atoms with E-state index in [2.05, 4.69) is 16.7 Å². The van der Waals surface area contributed by atoms with Crippen molar-refractivity contribution in [1.82, 2.24) is 9.78 Å². The molecule has 2 rings (SSSR count). The third-order valence-corrected chi connectivity index (χ3v) is 5.07. The molecule has 2 atom stereocenters. The molecule has 1 saturated carbocycles. The van der Waals surface area contributed by atoms with E-state index in [1.165, 1.54) is 25.7 Å². The molecular formula is C13H22N4S2. The zero-order valence-electron chi connectivity index (χ0n) is 11.8. The number of hydrogen-bond donors (Lipinski definition) is 2. The summed E-state index contributed by atoms with van der Waals surface area (Å²) in [6, 6.07) is 0.495. The van der Waals surface area contributed by atoms with Gasteiger partial charge >= 0.3 is 0 Å². The van der Waals surface area contributed by atoms with E-state index in [1.54, 1.807) is 0 Å². The Kier molecular flexibility index (Phi) is 4.73. The van der Waals surface area contributed by atoms with Gasteiger partial charge in [0.15, 0.2) is 0 Å². The SMILES string of the molecule is CSC1CCCC(Nc2c(C(N)=S)c(C)nn2C)C1. The van der Waals surface area contributed by atoms with E-state index >= 15 is 0 Å². The fraction of sp³-hybridized carbons (Fsp3) is 0.692. The van der Waals surface area contributed by atoms with Gasteiger partial charge in [-0.25, -0.2) is 0 Å². The van der Waals surface area contributed by atoms with Gasteiger partial charge in [-0.3, -0.25) is 4.68 Å². The lowest BCUT2D eigenvalue weighted by Gasteiger charge is -2.29. The minimum atomic E-state index is 0.422. The normalized spacial score (nSPS) is 23.3. The van der Waals surface area contributed by atoms with E-state index in [4.69, 9.17) is 18.0 Å². The molecule has 0 bridgehead atoms. The molecule has 1 heterocycles. The second-order valence-corrected chi connectivity index (χ2v) is 6.74. The van der Waals surface area contributed by atoms with Crippen LogP contribution in [0, 0.1) is 6.92 Å². The monoisotopic (exact) mass is 298 g/mol. The maximum Gasteiger partial charge on any atom is 0.134 e. The number of thioether (sulfide) groups is 1. The average molecular weight is 298 g/mol. The zero-order valence-corrected chi connectivity index (χ0v) is 13.4. The van der Waals surface area contributed by atoms with E-state index in [0.29, 0.717) is 11.0 Å². The molecule has 1 aliphatic carbocycles. The fourth-order valence-electron chi connectivity index (χ4n) is 2.80. The van der Waals surface area contributed by atoms with Gasteiger partial charge in [0, 0.05) is 18.3 Å². The van der Waals surface area contributed by atoms with Gasteiger partial charge < -0.3 is 11.1 Å². The van der Waals surface area contributed by atoms with Crippen molar-refractivity contribution < 1.29 is 0 Å². The highest BCUT2D eigenvalue weighted by molar-refractivity contribution is 7.99. The Morgan fingerprint density at radius 1 is 1.53 bits per heavy atom. The van der Waals surface area contributed by atoms with Gasteiger partial charge in [0.05, 0.1) is 11.3 Å². The molecule has 19 heavy (non-hydrogen) atoms. The lowest BCUT2D eigenvalue weighted by molar-refractivity contribution is 0.471. The van der Waals surface area contributed by atoms with E-state index in [1.807, 2.05) is 30.4 Å². The van der Waals surface area contributed by atoms with Crippen LogP contribution in [0.1, 0.15) is 36.9 Å². The third-order valence-electron chi connectivity index (χ3n) is 3.77. The number of nitrogens with two attached hydrogens (primary N) is 1. The number of anilines is 1. The largest absolute Gasteiger partial charge is 0.389 e. The summed E-state index contributed by atoms with van der Waals surface area (Å²) in [5.74, 6) is 0.969. The number of thiocarbonyl (C=S) groups is 1. The number of aromatic nitrogens is 2. The van der Waals surface area contributed by atoms with Gasteiger partial charge in [-0.15, -0.1) is 0 Å². The Morgan fingerprint density at radius 2 is 2.26 bits per heavy atom. The van der Waals surface area contributed by atoms with Crippen molar-refractivity contribution in [2.24, 2.45) is 12.8 Å². The van der Waals surface area contributed by atoms with Gasteiger partial charge in [0.2, 0.25) is 0 Å². The summed E-state index contributed by atoms with van der Waals surface area (Å²) in [5.41, 5.74) is 7.61. The van der Waals surface area contributed by atoms with Gasteiger partial charge in [0.25, 0.3) is 0 Å². The molecule has 0 spiro atoms. The molecular weight excluding hydrogens is 276 g/mol. The van der Waals surface area contributed by atoms with Crippen LogP contribution in [-0.4, -0.2) is 32.3 Å². The summed E-state index contributed by atoms with van der Waals surface area (Å²) < 4.78 is 1.85. The minimum absolute atomic E-state index is 0.422. The smallest absolute Gasteiger partial charge is 0.134 e. The third kappa shape index (κ3) is 3.23. The Balaban J connectivity index is 2.16. The second kappa shape index (κ2) is 6.13. The van der Waals surface area contributed by atoms with Crippen molar-refractivity contribution in [2.45, 2.75) is 43.9 Å². The number of nitrogens with one attached hydrogen (secondary N) is 1. The molecule has 106 valence electrons. The first-order chi connectivity index (χ1) is 9.02. The Morgan fingerprint density at radius 3 is 2.89 bits per heavy atom. The molecule has 2 unspecified atom stereocenters. The van der Waals surface area contributed by atoms with Crippen LogP contribution in [-0.2, 0) is 7.05 Å². The van der Waals surface area contributed by atoms with E-state index in [9.17, 15) is 0 Å². The van der Waals surface area contributed by atoms with Gasteiger partial charge in [-0.05, 0) is 32.4 Å². The predicted octanol–water partition coefficient (Wildman–Crippen LogP) is 2.45. The number of nitrogens with zero attached hydrogens (tertiary/aromatic N) is 2. The molecule has 0 amide bonds. The Labute approximate surface area is 124 Å². The van der Waals surface area contributed by atoms with E-state index in [0.717, 1.165) is 22.3 Å². The van der Waals surface area contributed by atoms with Crippen LogP contribution in [0.4, 0.5) is 5.82 Å². The lowest BCUT2D eigenvalue weighted by Crippen LogP contribution is -2.30. The van der Waals surface area contributed by atoms with Crippen LogP contribution in [0.3, 0.4) is 0 Å². The molecule has 1 aromatic rings. The van der Waals surface area contributed by atoms with Crippen LogP contribution in [0.25, 0.3) is 0 Å². The average Bonchev–Trinajstić information content (AvgIpc) is 2.64. The van der Waals surface area contributed by atoms with Crippen molar-refractivity contribution in [3.63, 3.8) is 0 Å². The summed E-state index contributed by atoms with van der Waals surface area (Å²) in [4.78, 5) is 0.422. The first kappa shape index (κ1) is 14.7. The summed E-state index contributed by atoms with van der Waals surface area (Å²) in [5, 5.41) is 8.78. The molecule has 0 radical (unpaired) electrons. The molecule has 6 heteroatoms. The molecule has 0 saturated heterocycles. The van der Waals surface area contributed by atoms with Gasteiger partial charge in [0.1, 0.15) is 10.8 Å². The van der Waals surface area contributed by atoms with Crippen LogP contribution in [0.5, 0.6) is 0 Å². The molecule has 0 aliphatic heterocycles. The zero-order chi connectivity index (χ0) is 14.0. The molecule has 1 aromatic heterocycles. The Bertz CT molecular complexity index is 469. The van der Waals surface area contributed by atoms with Gasteiger partial charge in [-0.1, -0.05) is 18.6 Å². The summed E-state index contributed by atoms with van der Waals surface area (Å²) in [6.45, 7) is 1.95. The molecule has 1 fully saturated rings. The maximum absolute atomic E-state index is 5.82. The van der Waals surface area contributed by atoms with Crippen molar-refractivity contribution in [3.8, 4) is 0 Å². The van der Waals surface area contributed by atoms with Crippen LogP contribution in [0.2, 0.25) is 0 Å². The van der Waals surface area contributed by atoms with E-state index in [-0.39, 0.29) is 0 Å². The first-order valence-electron chi connectivity index (χ1n) is 6.65. The fourth-order valence-corrected chi connectivity index (χ4v) is 3.87.